The highest BCUT2D eigenvalue weighted by Crippen LogP contribution is 2.60. The summed E-state index contributed by atoms with van der Waals surface area (Å²) < 4.78 is 0. The van der Waals surface area contributed by atoms with Crippen LogP contribution in [-0.4, -0.2) is 0 Å². The Bertz CT molecular complexity index is 2180. The Kier molecular flexibility index (Phi) is 18.6. The largest absolute Gasteiger partial charge is 0.134 e. The van der Waals surface area contributed by atoms with E-state index in [0.717, 1.165) is 0 Å². The lowest BCUT2D eigenvalue weighted by Crippen LogP contribution is -2.25. The molecule has 0 aliphatic heterocycles. The minimum atomic E-state index is 0.154. The van der Waals surface area contributed by atoms with Crippen molar-refractivity contribution >= 4 is 45.3 Å². The lowest BCUT2D eigenvalue weighted by molar-refractivity contribution is 0.398. The van der Waals surface area contributed by atoms with Gasteiger partial charge in [-0.25, -0.2) is 0 Å². The second-order valence-corrected chi connectivity index (χ2v) is 24.6. The van der Waals surface area contributed by atoms with Crippen LogP contribution in [0.25, 0.3) is 50.1 Å². The molecule has 0 saturated heterocycles. The van der Waals surface area contributed by atoms with Gasteiger partial charge in [0.15, 0.2) is 0 Å². The fourth-order valence-corrected chi connectivity index (χ4v) is 16.8. The van der Waals surface area contributed by atoms with Gasteiger partial charge in [-0.05, 0) is 95.5 Å². The molecule has 4 heteroatoms. The van der Waals surface area contributed by atoms with Gasteiger partial charge in [0.2, 0.25) is 0 Å². The van der Waals surface area contributed by atoms with Crippen LogP contribution in [0.5, 0.6) is 0 Å². The molecule has 66 heavy (non-hydrogen) atoms. The summed E-state index contributed by atoms with van der Waals surface area (Å²) in [7, 11) is 0. The molecular formula is C62H82S4. The zero-order valence-corrected chi connectivity index (χ0v) is 44.8. The van der Waals surface area contributed by atoms with E-state index in [4.69, 9.17) is 0 Å². The lowest BCUT2D eigenvalue weighted by atomic mass is 9.71. The third kappa shape index (κ3) is 11.1. The average molecular weight is 956 g/mol. The van der Waals surface area contributed by atoms with Crippen LogP contribution >= 0.6 is 45.3 Å². The summed E-state index contributed by atoms with van der Waals surface area (Å²) in [4.78, 5) is 11.8. The maximum atomic E-state index is 2.66. The number of fused-ring (bicyclic) bond motifs is 6. The van der Waals surface area contributed by atoms with Crippen molar-refractivity contribution in [3.05, 3.63) is 107 Å². The molecule has 0 unspecified atom stereocenters. The van der Waals surface area contributed by atoms with Gasteiger partial charge in [0.05, 0.1) is 0 Å². The Morgan fingerprint density at radius 3 is 0.909 bits per heavy atom. The number of unbranched alkanes of at least 4 members (excludes halogenated alkanes) is 20. The second-order valence-electron chi connectivity index (χ2n) is 20.4. The molecular weight excluding hydrogens is 873 g/mol. The molecule has 0 N–H and O–H groups in total. The molecule has 0 amide bonds. The zero-order chi connectivity index (χ0) is 45.6. The lowest BCUT2D eigenvalue weighted by Gasteiger charge is -2.32. The van der Waals surface area contributed by atoms with Crippen molar-refractivity contribution in [1.82, 2.24) is 0 Å². The number of hydrogen-bond donors (Lipinski definition) is 0. The molecule has 0 nitrogen and oxygen atoms in total. The Morgan fingerprint density at radius 2 is 0.576 bits per heavy atom. The molecule has 2 aliphatic carbocycles. The monoisotopic (exact) mass is 955 g/mol. The van der Waals surface area contributed by atoms with Crippen molar-refractivity contribution in [3.8, 4) is 50.1 Å². The molecule has 8 rings (SSSR count). The summed E-state index contributed by atoms with van der Waals surface area (Å²) in [6.45, 7) is 9.34. The van der Waals surface area contributed by atoms with Crippen LogP contribution in [0.2, 0.25) is 0 Å². The smallest absolute Gasteiger partial charge is 0.0452 e. The SMILES string of the molecule is CCCCCCCCC1(CCCCCCCC)c2ccccc2-c2sc(-c3ccc(-c4ccc(-c5cc6c(s5)-c5ccccc5C6(CCCCCCCC)CCCCCCCC)s4)s3)cc21. The first-order chi connectivity index (χ1) is 32.6. The van der Waals surface area contributed by atoms with Crippen LogP contribution in [0.15, 0.2) is 84.9 Å². The van der Waals surface area contributed by atoms with Crippen molar-refractivity contribution in [2.24, 2.45) is 0 Å². The van der Waals surface area contributed by atoms with Crippen LogP contribution < -0.4 is 0 Å². The van der Waals surface area contributed by atoms with E-state index >= 15 is 0 Å². The molecule has 0 bridgehead atoms. The normalized spacial score (nSPS) is 14.2. The van der Waals surface area contributed by atoms with E-state index in [1.54, 1.807) is 32.0 Å². The highest BCUT2D eigenvalue weighted by atomic mass is 32.1. The Morgan fingerprint density at radius 1 is 0.288 bits per heavy atom. The molecule has 2 aliphatic rings. The summed E-state index contributed by atoms with van der Waals surface area (Å²) >= 11 is 8.18. The minimum absolute atomic E-state index is 0.154. The van der Waals surface area contributed by atoms with Crippen molar-refractivity contribution in [1.29, 1.82) is 0 Å². The predicted octanol–water partition coefficient (Wildman–Crippen LogP) is 22.5. The van der Waals surface area contributed by atoms with E-state index in [9.17, 15) is 0 Å². The maximum Gasteiger partial charge on any atom is 0.0452 e. The molecule has 354 valence electrons. The fourth-order valence-electron chi connectivity index (χ4n) is 12.0. The third-order valence-electron chi connectivity index (χ3n) is 15.6. The highest BCUT2D eigenvalue weighted by Gasteiger charge is 2.45. The van der Waals surface area contributed by atoms with Crippen LogP contribution in [-0.2, 0) is 10.8 Å². The number of thiophene rings is 4. The van der Waals surface area contributed by atoms with E-state index in [2.05, 4.69) is 135 Å². The topological polar surface area (TPSA) is 0 Å². The Labute approximate surface area is 418 Å². The van der Waals surface area contributed by atoms with Gasteiger partial charge >= 0.3 is 0 Å². The van der Waals surface area contributed by atoms with Crippen molar-refractivity contribution in [2.45, 2.75) is 218 Å². The number of benzene rings is 2. The first kappa shape index (κ1) is 49.7. The van der Waals surface area contributed by atoms with E-state index in [0.29, 0.717) is 0 Å². The summed E-state index contributed by atoms with van der Waals surface area (Å²) in [5.74, 6) is 0. The first-order valence-corrected chi connectivity index (χ1v) is 30.5. The van der Waals surface area contributed by atoms with E-state index in [1.807, 2.05) is 22.7 Å². The van der Waals surface area contributed by atoms with E-state index < -0.39 is 0 Å². The molecule has 4 aromatic heterocycles. The van der Waals surface area contributed by atoms with Gasteiger partial charge in [0.1, 0.15) is 0 Å². The van der Waals surface area contributed by atoms with Crippen molar-refractivity contribution in [2.75, 3.05) is 0 Å². The molecule has 0 saturated carbocycles. The minimum Gasteiger partial charge on any atom is -0.134 e. The quantitative estimate of drug-likeness (QED) is 0.0381. The van der Waals surface area contributed by atoms with Crippen LogP contribution in [0.4, 0.5) is 0 Å². The van der Waals surface area contributed by atoms with Crippen LogP contribution in [0.1, 0.15) is 230 Å². The van der Waals surface area contributed by atoms with Gasteiger partial charge in [-0.3, -0.25) is 0 Å². The van der Waals surface area contributed by atoms with E-state index in [1.165, 1.54) is 220 Å². The van der Waals surface area contributed by atoms with Gasteiger partial charge in [0, 0.05) is 49.8 Å². The fraction of sp³-hybridized carbons (Fsp3) is 0.548. The molecule has 0 atom stereocenters. The van der Waals surface area contributed by atoms with Crippen LogP contribution in [0, 0.1) is 0 Å². The van der Waals surface area contributed by atoms with Crippen molar-refractivity contribution < 1.29 is 0 Å². The summed E-state index contributed by atoms with van der Waals surface area (Å²) in [5, 5.41) is 0. The molecule has 0 radical (unpaired) electrons. The number of hydrogen-bond acceptors (Lipinski definition) is 4. The summed E-state index contributed by atoms with van der Waals surface area (Å²) in [6, 6.07) is 34.1. The molecule has 0 spiro atoms. The van der Waals surface area contributed by atoms with Gasteiger partial charge < -0.3 is 0 Å². The van der Waals surface area contributed by atoms with Gasteiger partial charge in [-0.2, -0.15) is 0 Å². The number of rotatable bonds is 31. The van der Waals surface area contributed by atoms with Gasteiger partial charge in [-0.1, -0.05) is 230 Å². The molecule has 6 aromatic rings. The highest BCUT2D eigenvalue weighted by molar-refractivity contribution is 7.29. The summed E-state index contributed by atoms with van der Waals surface area (Å²) in [5.41, 5.74) is 9.91. The Hall–Kier alpha value is -2.76. The zero-order valence-electron chi connectivity index (χ0n) is 41.5. The van der Waals surface area contributed by atoms with Crippen molar-refractivity contribution in [3.63, 3.8) is 0 Å². The van der Waals surface area contributed by atoms with Crippen LogP contribution in [0.3, 0.4) is 0 Å². The standard InChI is InChI=1S/C62H82S4/c1-5-9-13-17-21-29-41-61(42-30-22-18-14-10-6-2)49-35-27-25-33-47(49)59-51(61)45-57(65-59)55-39-37-53(63-55)54-38-40-56(64-54)58-46-52-60(66-58)48-34-26-28-36-50(48)62(52,43-31-23-19-15-11-7-3)44-32-24-20-16-12-8-4/h25-28,33-40,45-46H,5-24,29-32,41-44H2,1-4H3. The maximum absolute atomic E-state index is 2.66. The molecule has 2 aromatic carbocycles. The average Bonchev–Trinajstić information content (AvgIpc) is 4.21. The first-order valence-electron chi connectivity index (χ1n) is 27.3. The summed E-state index contributed by atoms with van der Waals surface area (Å²) in [6.07, 6.45) is 37.8. The second kappa shape index (κ2) is 24.7. The third-order valence-corrected chi connectivity index (χ3v) is 20.7. The predicted molar refractivity (Wildman–Crippen MR) is 299 cm³/mol. The molecule has 4 heterocycles. The van der Waals surface area contributed by atoms with Gasteiger partial charge in [-0.15, -0.1) is 45.3 Å². The van der Waals surface area contributed by atoms with E-state index in [-0.39, 0.29) is 10.8 Å². The van der Waals surface area contributed by atoms with Gasteiger partial charge in [0.25, 0.3) is 0 Å². The molecule has 0 fully saturated rings. The Balaban J connectivity index is 1.04.